The molecule has 0 atom stereocenters. The Morgan fingerprint density at radius 3 is 2.75 bits per heavy atom. The number of halogens is 3. The second-order valence-electron chi connectivity index (χ2n) is 2.02. The van der Waals surface area contributed by atoms with E-state index in [1.807, 2.05) is 0 Å². The molecule has 0 aliphatic carbocycles. The summed E-state index contributed by atoms with van der Waals surface area (Å²) < 4.78 is 24.4. The zero-order valence-electron chi connectivity index (χ0n) is 5.80. The Hall–Kier alpha value is -0.840. The van der Waals surface area contributed by atoms with Crippen LogP contribution in [0.4, 0.5) is 8.78 Å². The van der Waals surface area contributed by atoms with Crippen molar-refractivity contribution in [2.24, 2.45) is 0 Å². The fraction of sp³-hybridized carbons (Fsp3) is 0.143. The molecule has 0 saturated heterocycles. The summed E-state index contributed by atoms with van der Waals surface area (Å²) in [4.78, 5) is 13.9. The molecule has 0 aromatic carbocycles. The van der Waals surface area contributed by atoms with Crippen LogP contribution in [-0.4, -0.2) is 11.3 Å². The third-order valence-corrected chi connectivity index (χ3v) is 2.16. The maximum Gasteiger partial charge on any atom is 0.265 e. The maximum atomic E-state index is 12.2. The van der Waals surface area contributed by atoms with E-state index in [9.17, 15) is 13.6 Å². The highest BCUT2D eigenvalue weighted by molar-refractivity contribution is 9.10. The van der Waals surface area contributed by atoms with E-state index in [4.69, 9.17) is 0 Å². The smallest absolute Gasteiger partial charge is 0.265 e. The third kappa shape index (κ3) is 1.66. The first kappa shape index (κ1) is 9.25. The summed E-state index contributed by atoms with van der Waals surface area (Å²) in [5, 5.41) is 0. The molecular weight excluding hydrogens is 232 g/mol. The number of aromatic nitrogens is 1. The largest absolute Gasteiger partial charge is 0.296 e. The number of alkyl halides is 2. The number of pyridine rings is 1. The molecule has 0 saturated carbocycles. The molecule has 0 amide bonds. The van der Waals surface area contributed by atoms with Gasteiger partial charge in [-0.15, -0.1) is 0 Å². The minimum absolute atomic E-state index is 0.00667. The van der Waals surface area contributed by atoms with Crippen LogP contribution in [0, 0.1) is 0 Å². The highest BCUT2D eigenvalue weighted by Gasteiger charge is 2.14. The van der Waals surface area contributed by atoms with Crippen molar-refractivity contribution in [2.45, 2.75) is 6.43 Å². The van der Waals surface area contributed by atoms with E-state index >= 15 is 0 Å². The van der Waals surface area contributed by atoms with Crippen molar-refractivity contribution >= 4 is 22.2 Å². The van der Waals surface area contributed by atoms with Crippen LogP contribution in [0.25, 0.3) is 0 Å². The van der Waals surface area contributed by atoms with Gasteiger partial charge in [0.1, 0.15) is 5.69 Å². The van der Waals surface area contributed by atoms with Crippen LogP contribution in [0.3, 0.4) is 0 Å². The first-order valence-electron chi connectivity index (χ1n) is 3.04. The van der Waals surface area contributed by atoms with Crippen LogP contribution in [0.5, 0.6) is 0 Å². The standard InChI is InChI=1S/C7H4BrF2NO/c8-6-4(7(9)10)1-2-11-5(6)3-12/h1-3,7H. The summed E-state index contributed by atoms with van der Waals surface area (Å²) in [7, 11) is 0. The molecule has 1 heterocycles. The number of aldehydes is 1. The highest BCUT2D eigenvalue weighted by atomic mass is 79.9. The Morgan fingerprint density at radius 1 is 1.58 bits per heavy atom. The van der Waals surface area contributed by atoms with Crippen LogP contribution in [-0.2, 0) is 0 Å². The zero-order valence-corrected chi connectivity index (χ0v) is 7.38. The third-order valence-electron chi connectivity index (χ3n) is 1.29. The predicted octanol–water partition coefficient (Wildman–Crippen LogP) is 2.59. The van der Waals surface area contributed by atoms with Gasteiger partial charge in [0.2, 0.25) is 0 Å². The summed E-state index contributed by atoms with van der Waals surface area (Å²) in [5.41, 5.74) is -0.222. The van der Waals surface area contributed by atoms with Crippen molar-refractivity contribution in [1.29, 1.82) is 0 Å². The minimum atomic E-state index is -2.60. The quantitative estimate of drug-likeness (QED) is 0.738. The maximum absolute atomic E-state index is 12.2. The number of rotatable bonds is 2. The lowest BCUT2D eigenvalue weighted by molar-refractivity contribution is 0.111. The highest BCUT2D eigenvalue weighted by Crippen LogP contribution is 2.27. The first-order valence-corrected chi connectivity index (χ1v) is 3.84. The van der Waals surface area contributed by atoms with Gasteiger partial charge >= 0.3 is 0 Å². The van der Waals surface area contributed by atoms with Gasteiger partial charge in [0.25, 0.3) is 6.43 Å². The lowest BCUT2D eigenvalue weighted by atomic mass is 10.2. The first-order chi connectivity index (χ1) is 5.66. The van der Waals surface area contributed by atoms with Gasteiger partial charge in [-0.05, 0) is 22.0 Å². The monoisotopic (exact) mass is 235 g/mol. The SMILES string of the molecule is O=Cc1nccc(C(F)F)c1Br. The lowest BCUT2D eigenvalue weighted by Gasteiger charge is -2.02. The molecule has 5 heteroatoms. The number of hydrogen-bond donors (Lipinski definition) is 0. The number of nitrogens with zero attached hydrogens (tertiary/aromatic N) is 1. The summed E-state index contributed by atoms with van der Waals surface area (Å²) in [5.74, 6) is 0. The Kier molecular flexibility index (Phi) is 2.86. The van der Waals surface area contributed by atoms with Gasteiger partial charge in [-0.2, -0.15) is 0 Å². The number of carbonyl (C=O) groups excluding carboxylic acids is 1. The molecule has 0 aliphatic heterocycles. The number of carbonyl (C=O) groups is 1. The molecule has 1 rings (SSSR count). The molecule has 0 spiro atoms. The summed E-state index contributed by atoms with van der Waals surface area (Å²) in [6.45, 7) is 0. The van der Waals surface area contributed by atoms with Crippen LogP contribution >= 0.6 is 15.9 Å². The topological polar surface area (TPSA) is 30.0 Å². The minimum Gasteiger partial charge on any atom is -0.296 e. The second-order valence-corrected chi connectivity index (χ2v) is 2.81. The molecule has 64 valence electrons. The average molecular weight is 236 g/mol. The van der Waals surface area contributed by atoms with E-state index in [2.05, 4.69) is 20.9 Å². The Bertz CT molecular complexity index is 303. The zero-order chi connectivity index (χ0) is 9.14. The molecule has 0 fully saturated rings. The molecule has 0 aliphatic rings. The Labute approximate surface area is 75.7 Å². The average Bonchev–Trinajstić information content (AvgIpc) is 2.04. The molecule has 0 N–H and O–H groups in total. The van der Waals surface area contributed by atoms with E-state index in [1.165, 1.54) is 12.3 Å². The van der Waals surface area contributed by atoms with Gasteiger partial charge in [0.05, 0.1) is 4.47 Å². The van der Waals surface area contributed by atoms with Crippen LogP contribution in [0.2, 0.25) is 0 Å². The van der Waals surface area contributed by atoms with E-state index in [0.717, 1.165) is 0 Å². The van der Waals surface area contributed by atoms with Gasteiger partial charge in [-0.3, -0.25) is 9.78 Å². The van der Waals surface area contributed by atoms with Crippen molar-refractivity contribution in [3.8, 4) is 0 Å². The van der Waals surface area contributed by atoms with Crippen molar-refractivity contribution in [1.82, 2.24) is 4.98 Å². The van der Waals surface area contributed by atoms with Gasteiger partial charge < -0.3 is 0 Å². The number of hydrogen-bond acceptors (Lipinski definition) is 2. The lowest BCUT2D eigenvalue weighted by Crippen LogP contribution is -1.94. The molecule has 12 heavy (non-hydrogen) atoms. The van der Waals surface area contributed by atoms with Gasteiger partial charge in [-0.1, -0.05) is 0 Å². The van der Waals surface area contributed by atoms with Crippen molar-refractivity contribution in [3.63, 3.8) is 0 Å². The fourth-order valence-corrected chi connectivity index (χ4v) is 1.23. The summed E-state index contributed by atoms with van der Waals surface area (Å²) in [6, 6.07) is 1.17. The molecule has 0 bridgehead atoms. The molecule has 1 aromatic rings. The molecule has 1 aromatic heterocycles. The Balaban J connectivity index is 3.22. The molecule has 2 nitrogen and oxygen atoms in total. The summed E-state index contributed by atoms with van der Waals surface area (Å²) in [6.07, 6.45) is -0.993. The van der Waals surface area contributed by atoms with E-state index in [-0.39, 0.29) is 15.7 Å². The van der Waals surface area contributed by atoms with E-state index in [0.29, 0.717) is 6.29 Å². The van der Waals surface area contributed by atoms with Gasteiger partial charge in [0, 0.05) is 11.8 Å². The van der Waals surface area contributed by atoms with Crippen molar-refractivity contribution in [3.05, 3.63) is 28.0 Å². The van der Waals surface area contributed by atoms with Gasteiger partial charge in [-0.25, -0.2) is 8.78 Å². The van der Waals surface area contributed by atoms with Crippen LogP contribution < -0.4 is 0 Å². The fourth-order valence-electron chi connectivity index (χ4n) is 0.726. The van der Waals surface area contributed by atoms with Crippen LogP contribution in [0.15, 0.2) is 16.7 Å². The van der Waals surface area contributed by atoms with Gasteiger partial charge in [0.15, 0.2) is 6.29 Å². The van der Waals surface area contributed by atoms with Crippen molar-refractivity contribution < 1.29 is 13.6 Å². The predicted molar refractivity (Wildman–Crippen MR) is 42.3 cm³/mol. The molecule has 0 unspecified atom stereocenters. The normalized spacial score (nSPS) is 10.3. The molecular formula is C7H4BrF2NO. The second kappa shape index (κ2) is 3.71. The van der Waals surface area contributed by atoms with E-state index < -0.39 is 6.43 Å². The Morgan fingerprint density at radius 2 is 2.25 bits per heavy atom. The van der Waals surface area contributed by atoms with Crippen LogP contribution in [0.1, 0.15) is 22.5 Å². The van der Waals surface area contributed by atoms with E-state index in [1.54, 1.807) is 0 Å². The molecule has 0 radical (unpaired) electrons. The summed E-state index contributed by atoms with van der Waals surface area (Å²) >= 11 is 2.87. The van der Waals surface area contributed by atoms with Crippen molar-refractivity contribution in [2.75, 3.05) is 0 Å².